The first-order valence-corrected chi connectivity index (χ1v) is 8.02. The van der Waals surface area contributed by atoms with E-state index in [9.17, 15) is 4.39 Å². The highest BCUT2D eigenvalue weighted by molar-refractivity contribution is 9.10. The summed E-state index contributed by atoms with van der Waals surface area (Å²) in [5.74, 6) is 0.389. The lowest BCUT2D eigenvalue weighted by Gasteiger charge is -2.20. The predicted octanol–water partition coefficient (Wildman–Crippen LogP) is 5.10. The van der Waals surface area contributed by atoms with Crippen LogP contribution in [0.2, 0.25) is 0 Å². The van der Waals surface area contributed by atoms with Crippen molar-refractivity contribution >= 4 is 15.9 Å². The molecule has 1 atom stereocenters. The second kappa shape index (κ2) is 7.19. The van der Waals surface area contributed by atoms with Crippen LogP contribution in [0.25, 0.3) is 0 Å². The molecule has 0 radical (unpaired) electrons. The van der Waals surface area contributed by atoms with Gasteiger partial charge >= 0.3 is 0 Å². The SMILES string of the molecule is CNC(c1cccc(CC(C)C)c1)c1cccc(F)c1Br. The molecule has 21 heavy (non-hydrogen) atoms. The number of hydrogen-bond acceptors (Lipinski definition) is 1. The van der Waals surface area contributed by atoms with Gasteiger partial charge in [0.25, 0.3) is 0 Å². The number of benzene rings is 2. The zero-order valence-electron chi connectivity index (χ0n) is 12.7. The first kappa shape index (κ1) is 16.2. The fourth-order valence-corrected chi connectivity index (χ4v) is 3.11. The summed E-state index contributed by atoms with van der Waals surface area (Å²) in [6.07, 6.45) is 1.05. The Kier molecular flexibility index (Phi) is 5.54. The summed E-state index contributed by atoms with van der Waals surface area (Å²) in [5, 5.41) is 3.29. The Morgan fingerprint density at radius 1 is 1.14 bits per heavy atom. The van der Waals surface area contributed by atoms with E-state index in [4.69, 9.17) is 0 Å². The molecule has 0 bridgehead atoms. The van der Waals surface area contributed by atoms with Crippen LogP contribution in [-0.4, -0.2) is 7.05 Å². The Bertz CT molecular complexity index is 610. The summed E-state index contributed by atoms with van der Waals surface area (Å²) >= 11 is 3.36. The van der Waals surface area contributed by atoms with Crippen LogP contribution < -0.4 is 5.32 Å². The molecule has 0 heterocycles. The van der Waals surface area contributed by atoms with E-state index >= 15 is 0 Å². The molecule has 0 aliphatic carbocycles. The standard InChI is InChI=1S/C18H21BrFN/c1-12(2)10-13-6-4-7-14(11-13)18(21-3)15-8-5-9-16(20)17(15)19/h4-9,11-12,18,21H,10H2,1-3H3. The van der Waals surface area contributed by atoms with E-state index in [0.29, 0.717) is 10.4 Å². The number of hydrogen-bond donors (Lipinski definition) is 1. The largest absolute Gasteiger partial charge is 0.309 e. The first-order chi connectivity index (χ1) is 10.0. The maximum Gasteiger partial charge on any atom is 0.137 e. The molecule has 2 aromatic carbocycles. The van der Waals surface area contributed by atoms with Gasteiger partial charge in [0, 0.05) is 0 Å². The fourth-order valence-electron chi connectivity index (χ4n) is 2.62. The van der Waals surface area contributed by atoms with Crippen molar-refractivity contribution in [2.45, 2.75) is 26.3 Å². The molecule has 0 spiro atoms. The van der Waals surface area contributed by atoms with Gasteiger partial charge in [0.1, 0.15) is 5.82 Å². The highest BCUT2D eigenvalue weighted by Crippen LogP contribution is 2.30. The van der Waals surface area contributed by atoms with Crippen LogP contribution in [0.5, 0.6) is 0 Å². The summed E-state index contributed by atoms with van der Waals surface area (Å²) in [6, 6.07) is 13.7. The summed E-state index contributed by atoms with van der Waals surface area (Å²) in [6.45, 7) is 4.43. The number of halogens is 2. The lowest BCUT2D eigenvalue weighted by molar-refractivity contribution is 0.607. The van der Waals surface area contributed by atoms with E-state index in [1.54, 1.807) is 6.07 Å². The van der Waals surface area contributed by atoms with Crippen LogP contribution in [0.3, 0.4) is 0 Å². The normalized spacial score (nSPS) is 12.7. The zero-order valence-corrected chi connectivity index (χ0v) is 14.2. The highest BCUT2D eigenvalue weighted by Gasteiger charge is 2.17. The molecule has 2 rings (SSSR count). The van der Waals surface area contributed by atoms with E-state index in [-0.39, 0.29) is 11.9 Å². The quantitative estimate of drug-likeness (QED) is 0.792. The third-order valence-electron chi connectivity index (χ3n) is 3.51. The van der Waals surface area contributed by atoms with Crippen molar-refractivity contribution in [1.82, 2.24) is 5.32 Å². The van der Waals surface area contributed by atoms with Gasteiger partial charge in [0.2, 0.25) is 0 Å². The first-order valence-electron chi connectivity index (χ1n) is 7.23. The fraction of sp³-hybridized carbons (Fsp3) is 0.333. The summed E-state index contributed by atoms with van der Waals surface area (Å²) < 4.78 is 14.3. The number of nitrogens with one attached hydrogen (secondary N) is 1. The summed E-state index contributed by atoms with van der Waals surface area (Å²) in [4.78, 5) is 0. The van der Waals surface area contributed by atoms with E-state index in [2.05, 4.69) is 59.4 Å². The average Bonchev–Trinajstić information content (AvgIpc) is 2.44. The maximum absolute atomic E-state index is 13.8. The van der Waals surface area contributed by atoms with Crippen molar-refractivity contribution in [1.29, 1.82) is 0 Å². The molecular formula is C18H21BrFN. The Morgan fingerprint density at radius 2 is 1.86 bits per heavy atom. The molecule has 3 heteroatoms. The van der Waals surface area contributed by atoms with Gasteiger partial charge < -0.3 is 5.32 Å². The molecule has 0 fully saturated rings. The molecule has 0 saturated carbocycles. The minimum atomic E-state index is -0.230. The smallest absolute Gasteiger partial charge is 0.137 e. The van der Waals surface area contributed by atoms with Gasteiger partial charge in [-0.25, -0.2) is 4.39 Å². The topological polar surface area (TPSA) is 12.0 Å². The lowest BCUT2D eigenvalue weighted by Crippen LogP contribution is -2.18. The lowest BCUT2D eigenvalue weighted by atomic mass is 9.94. The van der Waals surface area contributed by atoms with Crippen LogP contribution in [-0.2, 0) is 6.42 Å². The highest BCUT2D eigenvalue weighted by atomic mass is 79.9. The van der Waals surface area contributed by atoms with Gasteiger partial charge in [-0.15, -0.1) is 0 Å². The summed E-state index contributed by atoms with van der Waals surface area (Å²) in [7, 11) is 1.90. The Balaban J connectivity index is 2.39. The predicted molar refractivity (Wildman–Crippen MR) is 90.0 cm³/mol. The van der Waals surface area contributed by atoms with Gasteiger partial charge in [-0.1, -0.05) is 50.2 Å². The monoisotopic (exact) mass is 349 g/mol. The van der Waals surface area contributed by atoms with Crippen molar-refractivity contribution in [2.75, 3.05) is 7.05 Å². The van der Waals surface area contributed by atoms with Crippen LogP contribution in [0.15, 0.2) is 46.9 Å². The van der Waals surface area contributed by atoms with E-state index in [1.165, 1.54) is 11.6 Å². The number of rotatable bonds is 5. The molecular weight excluding hydrogens is 329 g/mol. The van der Waals surface area contributed by atoms with Crippen molar-refractivity contribution in [2.24, 2.45) is 5.92 Å². The zero-order chi connectivity index (χ0) is 15.4. The summed E-state index contributed by atoms with van der Waals surface area (Å²) in [5.41, 5.74) is 3.39. The van der Waals surface area contributed by atoms with Gasteiger partial charge in [0.05, 0.1) is 10.5 Å². The van der Waals surface area contributed by atoms with Crippen LogP contribution in [0.1, 0.15) is 36.6 Å². The molecule has 0 aliphatic heterocycles. The third-order valence-corrected chi connectivity index (χ3v) is 4.35. The average molecular weight is 350 g/mol. The van der Waals surface area contributed by atoms with E-state index in [1.807, 2.05) is 13.1 Å². The minimum Gasteiger partial charge on any atom is -0.309 e. The van der Waals surface area contributed by atoms with Gasteiger partial charge in [-0.2, -0.15) is 0 Å². The maximum atomic E-state index is 13.8. The van der Waals surface area contributed by atoms with Crippen LogP contribution in [0.4, 0.5) is 4.39 Å². The molecule has 0 saturated heterocycles. The molecule has 1 nitrogen and oxygen atoms in total. The Hall–Kier alpha value is -1.19. The minimum absolute atomic E-state index is 0.0258. The van der Waals surface area contributed by atoms with Crippen molar-refractivity contribution in [3.63, 3.8) is 0 Å². The Labute approximate surface area is 134 Å². The van der Waals surface area contributed by atoms with Crippen molar-refractivity contribution in [3.8, 4) is 0 Å². The van der Waals surface area contributed by atoms with Gasteiger partial charge in [0.15, 0.2) is 0 Å². The second-order valence-corrected chi connectivity index (χ2v) is 6.50. The molecule has 2 aromatic rings. The molecule has 1 N–H and O–H groups in total. The van der Waals surface area contributed by atoms with Crippen LogP contribution >= 0.6 is 15.9 Å². The second-order valence-electron chi connectivity index (χ2n) is 5.71. The molecule has 0 amide bonds. The molecule has 1 unspecified atom stereocenters. The third kappa shape index (κ3) is 3.92. The van der Waals surface area contributed by atoms with Gasteiger partial charge in [-0.05, 0) is 58.1 Å². The van der Waals surface area contributed by atoms with Gasteiger partial charge in [-0.3, -0.25) is 0 Å². The van der Waals surface area contributed by atoms with E-state index in [0.717, 1.165) is 17.5 Å². The molecule has 0 aliphatic rings. The van der Waals surface area contributed by atoms with Crippen molar-refractivity contribution < 1.29 is 4.39 Å². The molecule has 0 aromatic heterocycles. The Morgan fingerprint density at radius 3 is 2.52 bits per heavy atom. The van der Waals surface area contributed by atoms with E-state index < -0.39 is 0 Å². The van der Waals surface area contributed by atoms with Crippen LogP contribution in [0, 0.1) is 11.7 Å². The van der Waals surface area contributed by atoms with Crippen molar-refractivity contribution in [3.05, 3.63) is 69.4 Å². The molecule has 112 valence electrons.